The Bertz CT molecular complexity index is 404. The number of amides is 1. The molecule has 0 aromatic rings. The fourth-order valence-corrected chi connectivity index (χ4v) is 4.18. The molecule has 0 N–H and O–H groups in total. The summed E-state index contributed by atoms with van der Waals surface area (Å²) in [5, 5.41) is 0. The maximum atomic E-state index is 12.7. The van der Waals surface area contributed by atoms with E-state index in [1.807, 2.05) is 4.90 Å². The summed E-state index contributed by atoms with van der Waals surface area (Å²) in [5.74, 6) is 0.241. The van der Waals surface area contributed by atoms with Gasteiger partial charge >= 0.3 is 0 Å². The number of hydrogen-bond acceptors (Lipinski definition) is 5. The fourth-order valence-electron chi connectivity index (χ4n) is 4.18. The predicted octanol–water partition coefficient (Wildman–Crippen LogP) is 0.420. The first-order valence-corrected chi connectivity index (χ1v) is 9.06. The summed E-state index contributed by atoms with van der Waals surface area (Å²) < 4.78 is 11.7. The first-order valence-electron chi connectivity index (χ1n) is 9.06. The van der Waals surface area contributed by atoms with E-state index in [9.17, 15) is 4.79 Å². The molecule has 0 aromatic heterocycles. The van der Waals surface area contributed by atoms with Crippen LogP contribution in [0.2, 0.25) is 0 Å². The molecular weight excluding hydrogens is 294 g/mol. The highest BCUT2D eigenvalue weighted by atomic mass is 16.5. The predicted molar refractivity (Wildman–Crippen MR) is 88.5 cm³/mol. The van der Waals surface area contributed by atoms with Crippen molar-refractivity contribution in [3.8, 4) is 0 Å². The molecule has 3 aliphatic heterocycles. The van der Waals surface area contributed by atoms with E-state index in [0.717, 1.165) is 65.1 Å². The van der Waals surface area contributed by atoms with Crippen LogP contribution in [0.4, 0.5) is 0 Å². The molecule has 0 aliphatic carbocycles. The van der Waals surface area contributed by atoms with Gasteiger partial charge in [-0.2, -0.15) is 0 Å². The highest BCUT2D eigenvalue weighted by Gasteiger charge is 2.47. The molecule has 6 nitrogen and oxygen atoms in total. The molecule has 3 fully saturated rings. The summed E-state index contributed by atoms with van der Waals surface area (Å²) in [4.78, 5) is 19.4. The van der Waals surface area contributed by atoms with Crippen LogP contribution in [0.25, 0.3) is 0 Å². The van der Waals surface area contributed by atoms with Crippen molar-refractivity contribution < 1.29 is 14.3 Å². The number of nitrogens with zero attached hydrogens (tertiary/aromatic N) is 3. The number of carbonyl (C=O) groups is 1. The third-order valence-corrected chi connectivity index (χ3v) is 5.82. The number of likely N-dealkylation sites (N-methyl/N-ethyl adjacent to an activating group) is 1. The lowest BCUT2D eigenvalue weighted by Crippen LogP contribution is -2.59. The van der Waals surface area contributed by atoms with Crippen molar-refractivity contribution in [1.29, 1.82) is 0 Å². The third-order valence-electron chi connectivity index (χ3n) is 5.82. The SMILES string of the molecule is CCN1CCN(CC(=O)N2CC[C@@]3(CCCO3)[C@@H](OC)C2)CC1. The Morgan fingerprint density at radius 3 is 2.52 bits per heavy atom. The lowest BCUT2D eigenvalue weighted by atomic mass is 9.86. The van der Waals surface area contributed by atoms with Gasteiger partial charge in [0, 0.05) is 53.0 Å². The second-order valence-corrected chi connectivity index (χ2v) is 7.04. The van der Waals surface area contributed by atoms with Crippen LogP contribution < -0.4 is 0 Å². The maximum Gasteiger partial charge on any atom is 0.236 e. The minimum atomic E-state index is -0.141. The van der Waals surface area contributed by atoms with E-state index in [2.05, 4.69) is 16.7 Å². The van der Waals surface area contributed by atoms with Crippen molar-refractivity contribution in [1.82, 2.24) is 14.7 Å². The largest absolute Gasteiger partial charge is 0.377 e. The van der Waals surface area contributed by atoms with E-state index in [4.69, 9.17) is 9.47 Å². The van der Waals surface area contributed by atoms with Gasteiger partial charge in [0.1, 0.15) is 6.10 Å². The Kier molecular flexibility index (Phi) is 5.57. The van der Waals surface area contributed by atoms with Crippen LogP contribution in [-0.4, -0.2) is 98.4 Å². The normalized spacial score (nSPS) is 33.5. The quantitative estimate of drug-likeness (QED) is 0.750. The molecule has 132 valence electrons. The highest BCUT2D eigenvalue weighted by molar-refractivity contribution is 5.78. The van der Waals surface area contributed by atoms with Crippen LogP contribution in [-0.2, 0) is 14.3 Å². The summed E-state index contributed by atoms with van der Waals surface area (Å²) in [5.41, 5.74) is -0.141. The van der Waals surface area contributed by atoms with E-state index in [-0.39, 0.29) is 17.6 Å². The highest BCUT2D eigenvalue weighted by Crippen LogP contribution is 2.37. The van der Waals surface area contributed by atoms with E-state index in [0.29, 0.717) is 13.1 Å². The number of likely N-dealkylation sites (tertiary alicyclic amines) is 1. The lowest BCUT2D eigenvalue weighted by molar-refractivity contribution is -0.159. The van der Waals surface area contributed by atoms with Gasteiger partial charge in [0.15, 0.2) is 0 Å². The van der Waals surface area contributed by atoms with Crippen molar-refractivity contribution >= 4 is 5.91 Å². The Balaban J connectivity index is 1.51. The smallest absolute Gasteiger partial charge is 0.236 e. The molecule has 0 bridgehead atoms. The molecule has 23 heavy (non-hydrogen) atoms. The van der Waals surface area contributed by atoms with Crippen LogP contribution in [0.15, 0.2) is 0 Å². The third kappa shape index (κ3) is 3.71. The summed E-state index contributed by atoms with van der Waals surface area (Å²) in [7, 11) is 1.74. The molecule has 1 spiro atoms. The van der Waals surface area contributed by atoms with Gasteiger partial charge in [-0.3, -0.25) is 9.69 Å². The average molecular weight is 325 g/mol. The number of piperidine rings is 1. The number of methoxy groups -OCH3 is 1. The standard InChI is InChI=1S/C17H31N3O3/c1-3-18-8-10-19(11-9-18)14-16(21)20-7-6-17(5-4-12-23-17)15(13-20)22-2/h15H,3-14H2,1-2H3/t15-,17-/m0/s1. The molecule has 2 atom stereocenters. The topological polar surface area (TPSA) is 45.2 Å². The number of hydrogen-bond donors (Lipinski definition) is 0. The van der Waals surface area contributed by atoms with Gasteiger partial charge in [-0.25, -0.2) is 0 Å². The van der Waals surface area contributed by atoms with Crippen molar-refractivity contribution in [2.24, 2.45) is 0 Å². The molecule has 1 amide bonds. The van der Waals surface area contributed by atoms with Gasteiger partial charge in [-0.15, -0.1) is 0 Å². The number of carbonyl (C=O) groups excluding carboxylic acids is 1. The maximum absolute atomic E-state index is 12.7. The zero-order valence-corrected chi connectivity index (χ0v) is 14.6. The number of rotatable bonds is 4. The molecule has 3 heterocycles. The van der Waals surface area contributed by atoms with E-state index < -0.39 is 0 Å². The van der Waals surface area contributed by atoms with Gasteiger partial charge in [-0.05, 0) is 25.8 Å². The Hall–Kier alpha value is -0.690. The molecule has 0 aromatic carbocycles. The fraction of sp³-hybridized carbons (Fsp3) is 0.941. The van der Waals surface area contributed by atoms with Crippen molar-refractivity contribution in [2.45, 2.75) is 37.9 Å². The Morgan fingerprint density at radius 1 is 1.17 bits per heavy atom. The van der Waals surface area contributed by atoms with Gasteiger partial charge in [0.2, 0.25) is 5.91 Å². The van der Waals surface area contributed by atoms with Crippen LogP contribution in [0.1, 0.15) is 26.2 Å². The summed E-state index contributed by atoms with van der Waals surface area (Å²) in [6.07, 6.45) is 3.09. The minimum absolute atomic E-state index is 0.0136. The Morgan fingerprint density at radius 2 is 1.91 bits per heavy atom. The van der Waals surface area contributed by atoms with Crippen molar-refractivity contribution in [2.75, 3.05) is 66.1 Å². The molecule has 0 saturated carbocycles. The number of ether oxygens (including phenoxy) is 2. The van der Waals surface area contributed by atoms with E-state index in [1.54, 1.807) is 7.11 Å². The molecule has 3 rings (SSSR count). The second kappa shape index (κ2) is 7.47. The first-order chi connectivity index (χ1) is 11.2. The van der Waals surface area contributed by atoms with Gasteiger partial charge < -0.3 is 19.3 Å². The average Bonchev–Trinajstić information content (AvgIpc) is 3.05. The Labute approximate surface area is 139 Å². The summed E-state index contributed by atoms with van der Waals surface area (Å²) in [6, 6.07) is 0. The zero-order valence-electron chi connectivity index (χ0n) is 14.6. The van der Waals surface area contributed by atoms with Crippen LogP contribution >= 0.6 is 0 Å². The monoisotopic (exact) mass is 325 g/mol. The molecule has 6 heteroatoms. The van der Waals surface area contributed by atoms with E-state index in [1.165, 1.54) is 0 Å². The summed E-state index contributed by atoms with van der Waals surface area (Å²) in [6.45, 7) is 10.3. The summed E-state index contributed by atoms with van der Waals surface area (Å²) >= 11 is 0. The van der Waals surface area contributed by atoms with Crippen molar-refractivity contribution in [3.05, 3.63) is 0 Å². The van der Waals surface area contributed by atoms with Crippen molar-refractivity contribution in [3.63, 3.8) is 0 Å². The zero-order chi connectivity index (χ0) is 16.3. The molecule has 3 saturated heterocycles. The molecule has 0 unspecified atom stereocenters. The molecule has 3 aliphatic rings. The molecular formula is C17H31N3O3. The van der Waals surface area contributed by atoms with E-state index >= 15 is 0 Å². The van der Waals surface area contributed by atoms with Crippen LogP contribution in [0.3, 0.4) is 0 Å². The molecule has 0 radical (unpaired) electrons. The van der Waals surface area contributed by atoms with Crippen LogP contribution in [0, 0.1) is 0 Å². The van der Waals surface area contributed by atoms with Gasteiger partial charge in [0.25, 0.3) is 0 Å². The lowest BCUT2D eigenvalue weighted by Gasteiger charge is -2.44. The number of piperazine rings is 1. The van der Waals surface area contributed by atoms with Gasteiger partial charge in [-0.1, -0.05) is 6.92 Å². The second-order valence-electron chi connectivity index (χ2n) is 7.04. The van der Waals surface area contributed by atoms with Gasteiger partial charge in [0.05, 0.1) is 12.1 Å². The first kappa shape index (κ1) is 17.1. The minimum Gasteiger partial charge on any atom is -0.377 e. The van der Waals surface area contributed by atoms with Crippen LogP contribution in [0.5, 0.6) is 0 Å².